The number of benzene rings is 1. The van der Waals surface area contributed by atoms with Crippen LogP contribution < -0.4 is 5.73 Å². The van der Waals surface area contributed by atoms with Crippen molar-refractivity contribution in [1.29, 1.82) is 0 Å². The average molecular weight is 240 g/mol. The molecular formula is C14H22ClN. The minimum absolute atomic E-state index is 0.643. The van der Waals surface area contributed by atoms with Gasteiger partial charge in [0.2, 0.25) is 0 Å². The summed E-state index contributed by atoms with van der Waals surface area (Å²) < 4.78 is 0. The molecule has 1 aromatic rings. The lowest BCUT2D eigenvalue weighted by Gasteiger charge is -2.17. The summed E-state index contributed by atoms with van der Waals surface area (Å²) in [5.74, 6) is 0.643. The van der Waals surface area contributed by atoms with Crippen LogP contribution in [0, 0.1) is 6.92 Å². The molecule has 0 radical (unpaired) electrons. The largest absolute Gasteiger partial charge is 0.330 e. The summed E-state index contributed by atoms with van der Waals surface area (Å²) in [4.78, 5) is 0. The minimum Gasteiger partial charge on any atom is -0.330 e. The van der Waals surface area contributed by atoms with Crippen LogP contribution in [-0.4, -0.2) is 6.54 Å². The Labute approximate surface area is 104 Å². The molecule has 0 amide bonds. The Hall–Kier alpha value is -0.530. The molecule has 0 aliphatic heterocycles. The second-order valence-electron chi connectivity index (χ2n) is 4.43. The van der Waals surface area contributed by atoms with Gasteiger partial charge >= 0.3 is 0 Å². The number of hydrogen-bond acceptors (Lipinski definition) is 1. The maximum absolute atomic E-state index is 6.05. The van der Waals surface area contributed by atoms with Crippen molar-refractivity contribution in [2.45, 2.75) is 45.4 Å². The Morgan fingerprint density at radius 1 is 1.31 bits per heavy atom. The van der Waals surface area contributed by atoms with Gasteiger partial charge in [-0.15, -0.1) is 0 Å². The van der Waals surface area contributed by atoms with E-state index in [1.54, 1.807) is 0 Å². The highest BCUT2D eigenvalue weighted by Crippen LogP contribution is 2.28. The van der Waals surface area contributed by atoms with Gasteiger partial charge in [0.25, 0.3) is 0 Å². The predicted octanol–water partition coefficient (Wildman–Crippen LogP) is 4.27. The quantitative estimate of drug-likeness (QED) is 0.788. The van der Waals surface area contributed by atoms with Crippen LogP contribution in [0.3, 0.4) is 0 Å². The van der Waals surface area contributed by atoms with E-state index in [0.29, 0.717) is 5.92 Å². The van der Waals surface area contributed by atoms with Crippen molar-refractivity contribution >= 4 is 11.6 Å². The molecule has 0 aromatic heterocycles. The molecule has 0 saturated heterocycles. The Morgan fingerprint density at radius 2 is 2.06 bits per heavy atom. The molecule has 0 bridgehead atoms. The van der Waals surface area contributed by atoms with Gasteiger partial charge in [0.05, 0.1) is 0 Å². The fraction of sp³-hybridized carbons (Fsp3) is 0.571. The van der Waals surface area contributed by atoms with Gasteiger partial charge < -0.3 is 5.73 Å². The Kier molecular flexibility index (Phi) is 5.86. The zero-order valence-corrected chi connectivity index (χ0v) is 11.1. The third kappa shape index (κ3) is 3.80. The van der Waals surface area contributed by atoms with Crippen LogP contribution in [0.25, 0.3) is 0 Å². The zero-order valence-electron chi connectivity index (χ0n) is 10.3. The van der Waals surface area contributed by atoms with Gasteiger partial charge in [-0.25, -0.2) is 0 Å². The van der Waals surface area contributed by atoms with Crippen molar-refractivity contribution in [2.24, 2.45) is 5.73 Å². The van der Waals surface area contributed by atoms with Crippen molar-refractivity contribution in [2.75, 3.05) is 6.54 Å². The molecule has 1 rings (SSSR count). The summed E-state index contributed by atoms with van der Waals surface area (Å²) in [5, 5.41) is 0.859. The third-order valence-electron chi connectivity index (χ3n) is 3.05. The minimum atomic E-state index is 0.643. The topological polar surface area (TPSA) is 26.0 Å². The molecule has 1 nitrogen and oxygen atoms in total. The number of aryl methyl sites for hydroxylation is 1. The first-order valence-electron chi connectivity index (χ1n) is 6.15. The van der Waals surface area contributed by atoms with E-state index in [2.05, 4.69) is 26.0 Å². The van der Waals surface area contributed by atoms with Crippen LogP contribution in [0.15, 0.2) is 18.2 Å². The number of halogens is 1. The first-order valence-corrected chi connectivity index (χ1v) is 6.53. The molecule has 0 spiro atoms. The predicted molar refractivity (Wildman–Crippen MR) is 72.1 cm³/mol. The van der Waals surface area contributed by atoms with E-state index in [0.717, 1.165) is 18.0 Å². The molecule has 0 aliphatic rings. The van der Waals surface area contributed by atoms with Gasteiger partial charge in [-0.3, -0.25) is 0 Å². The molecule has 1 atom stereocenters. The second kappa shape index (κ2) is 6.93. The number of nitrogens with two attached hydrogens (primary N) is 1. The molecule has 90 valence electrons. The van der Waals surface area contributed by atoms with Crippen LogP contribution in [0.1, 0.15) is 49.7 Å². The average Bonchev–Trinajstić information content (AvgIpc) is 2.28. The van der Waals surface area contributed by atoms with Gasteiger partial charge in [0.15, 0.2) is 0 Å². The summed E-state index contributed by atoms with van der Waals surface area (Å²) in [6.07, 6.45) is 4.75. The van der Waals surface area contributed by atoms with Crippen molar-refractivity contribution in [3.63, 3.8) is 0 Å². The molecule has 2 N–H and O–H groups in total. The highest BCUT2D eigenvalue weighted by atomic mass is 35.5. The van der Waals surface area contributed by atoms with Gasteiger partial charge in [-0.05, 0) is 55.8 Å². The lowest BCUT2D eigenvalue weighted by Crippen LogP contribution is -2.04. The second-order valence-corrected chi connectivity index (χ2v) is 4.83. The molecule has 2 heteroatoms. The first-order chi connectivity index (χ1) is 7.69. The molecule has 0 saturated carbocycles. The fourth-order valence-corrected chi connectivity index (χ4v) is 2.23. The zero-order chi connectivity index (χ0) is 12.0. The third-order valence-corrected chi connectivity index (χ3v) is 3.47. The monoisotopic (exact) mass is 239 g/mol. The van der Waals surface area contributed by atoms with Crippen LogP contribution in [-0.2, 0) is 0 Å². The van der Waals surface area contributed by atoms with Crippen molar-refractivity contribution < 1.29 is 0 Å². The summed E-state index contributed by atoms with van der Waals surface area (Å²) in [7, 11) is 0. The highest BCUT2D eigenvalue weighted by Gasteiger charge is 2.10. The van der Waals surface area contributed by atoms with Crippen LogP contribution in [0.5, 0.6) is 0 Å². The van der Waals surface area contributed by atoms with E-state index in [1.165, 1.54) is 30.4 Å². The lowest BCUT2D eigenvalue weighted by molar-refractivity contribution is 0.549. The maximum atomic E-state index is 6.05. The summed E-state index contributed by atoms with van der Waals surface area (Å²) in [6.45, 7) is 5.09. The molecule has 16 heavy (non-hydrogen) atoms. The van der Waals surface area contributed by atoms with Gasteiger partial charge in [0, 0.05) is 5.02 Å². The normalized spacial score (nSPS) is 12.8. The van der Waals surface area contributed by atoms with Crippen LogP contribution >= 0.6 is 11.6 Å². The lowest BCUT2D eigenvalue weighted by atomic mass is 9.89. The van der Waals surface area contributed by atoms with Gasteiger partial charge in [-0.1, -0.05) is 37.1 Å². The van der Waals surface area contributed by atoms with Crippen LogP contribution in [0.2, 0.25) is 5.02 Å². The maximum Gasteiger partial charge on any atom is 0.0435 e. The summed E-state index contributed by atoms with van der Waals surface area (Å²) in [6, 6.07) is 6.39. The smallest absolute Gasteiger partial charge is 0.0435 e. The Balaban J connectivity index is 2.78. The molecule has 1 aromatic carbocycles. The van der Waals surface area contributed by atoms with Crippen molar-refractivity contribution in [3.05, 3.63) is 34.3 Å². The van der Waals surface area contributed by atoms with Gasteiger partial charge in [0.1, 0.15) is 0 Å². The van der Waals surface area contributed by atoms with E-state index < -0.39 is 0 Å². The van der Waals surface area contributed by atoms with E-state index in [-0.39, 0.29) is 0 Å². The van der Waals surface area contributed by atoms with E-state index in [4.69, 9.17) is 17.3 Å². The van der Waals surface area contributed by atoms with Crippen molar-refractivity contribution in [1.82, 2.24) is 0 Å². The van der Waals surface area contributed by atoms with E-state index >= 15 is 0 Å². The Bertz CT molecular complexity index is 323. The number of rotatable bonds is 6. The molecule has 0 fully saturated rings. The molecule has 0 heterocycles. The highest BCUT2D eigenvalue weighted by molar-refractivity contribution is 6.31. The number of hydrogen-bond donors (Lipinski definition) is 1. The van der Waals surface area contributed by atoms with Gasteiger partial charge in [-0.2, -0.15) is 0 Å². The molecular weight excluding hydrogens is 218 g/mol. The van der Waals surface area contributed by atoms with Crippen LogP contribution in [0.4, 0.5) is 0 Å². The standard InChI is InChI=1S/C14H22ClN/c1-3-5-12(6-4-9-16)13-7-8-14(15)11(2)10-13/h7-8,10,12H,3-6,9,16H2,1-2H3. The van der Waals surface area contributed by atoms with Crippen molar-refractivity contribution in [3.8, 4) is 0 Å². The van der Waals surface area contributed by atoms with E-state index in [9.17, 15) is 0 Å². The SMILES string of the molecule is CCCC(CCCN)c1ccc(Cl)c(C)c1. The first kappa shape index (κ1) is 13.5. The molecule has 0 aliphatic carbocycles. The van der Waals surface area contributed by atoms with E-state index in [1.807, 2.05) is 6.07 Å². The molecule has 1 unspecified atom stereocenters. The fourth-order valence-electron chi connectivity index (χ4n) is 2.11. The Morgan fingerprint density at radius 3 is 2.62 bits per heavy atom. The summed E-state index contributed by atoms with van der Waals surface area (Å²) >= 11 is 6.05. The summed E-state index contributed by atoms with van der Waals surface area (Å²) in [5.41, 5.74) is 8.17.